The van der Waals surface area contributed by atoms with Crippen LogP contribution in [0.2, 0.25) is 0 Å². The molecule has 1 rings (SSSR count). The largest absolute Gasteiger partial charge is 0.338 e. The Hall–Kier alpha value is -1.27. The van der Waals surface area contributed by atoms with Crippen molar-refractivity contribution in [2.24, 2.45) is 5.73 Å². The molecule has 0 unspecified atom stereocenters. The van der Waals surface area contributed by atoms with E-state index in [1.807, 2.05) is 30.7 Å². The van der Waals surface area contributed by atoms with E-state index < -0.39 is 0 Å². The minimum atomic E-state index is -0.273. The van der Waals surface area contributed by atoms with Crippen LogP contribution >= 0.6 is 0 Å². The van der Waals surface area contributed by atoms with Crippen molar-refractivity contribution in [2.75, 3.05) is 0 Å². The maximum absolute atomic E-state index is 8.69. The highest BCUT2D eigenvalue weighted by Crippen LogP contribution is 2.06. The average molecular weight is 163 g/mol. The first-order valence-corrected chi connectivity index (χ1v) is 3.87. The number of hydrogen-bond donors (Lipinski definition) is 1. The molecule has 0 aliphatic carbocycles. The minimum Gasteiger partial charge on any atom is -0.338 e. The van der Waals surface area contributed by atoms with Gasteiger partial charge < -0.3 is 10.3 Å². The van der Waals surface area contributed by atoms with Crippen LogP contribution in [-0.2, 0) is 6.54 Å². The summed E-state index contributed by atoms with van der Waals surface area (Å²) in [5, 5.41) is 8.69. The second kappa shape index (κ2) is 3.00. The van der Waals surface area contributed by atoms with Crippen LogP contribution < -0.4 is 5.73 Å². The highest BCUT2D eigenvalue weighted by molar-refractivity contribution is 5.22. The molecule has 1 aromatic rings. The van der Waals surface area contributed by atoms with E-state index in [0.717, 1.165) is 0 Å². The molecule has 0 aromatic carbocycles. The third-order valence-corrected chi connectivity index (χ3v) is 1.52. The molecule has 3 nitrogen and oxygen atoms in total. The molecule has 1 heterocycles. The summed E-state index contributed by atoms with van der Waals surface area (Å²) in [5.41, 5.74) is 6.21. The van der Waals surface area contributed by atoms with Crippen molar-refractivity contribution in [3.05, 3.63) is 24.0 Å². The normalized spacial score (nSPS) is 11.2. The highest BCUT2D eigenvalue weighted by Gasteiger charge is 2.12. The number of nitriles is 1. The van der Waals surface area contributed by atoms with Crippen LogP contribution in [0.25, 0.3) is 0 Å². The van der Waals surface area contributed by atoms with Gasteiger partial charge in [0.2, 0.25) is 0 Å². The zero-order valence-electron chi connectivity index (χ0n) is 7.41. The molecule has 0 amide bonds. The van der Waals surface area contributed by atoms with Crippen LogP contribution in [0.4, 0.5) is 0 Å². The summed E-state index contributed by atoms with van der Waals surface area (Å²) < 4.78 is 1.86. The third-order valence-electron chi connectivity index (χ3n) is 1.52. The molecule has 0 saturated heterocycles. The summed E-state index contributed by atoms with van der Waals surface area (Å²) in [5.74, 6) is 0. The quantitative estimate of drug-likeness (QED) is 0.709. The first-order chi connectivity index (χ1) is 5.53. The first kappa shape index (κ1) is 8.82. The molecule has 0 aliphatic rings. The maximum Gasteiger partial charge on any atom is 0.120 e. The van der Waals surface area contributed by atoms with Crippen LogP contribution in [0.15, 0.2) is 18.3 Å². The van der Waals surface area contributed by atoms with Gasteiger partial charge in [-0.2, -0.15) is 5.26 Å². The van der Waals surface area contributed by atoms with Crippen LogP contribution in [0, 0.1) is 11.3 Å². The molecule has 3 heteroatoms. The van der Waals surface area contributed by atoms with E-state index in [1.165, 1.54) is 0 Å². The molecule has 12 heavy (non-hydrogen) atoms. The van der Waals surface area contributed by atoms with E-state index in [0.29, 0.717) is 12.2 Å². The van der Waals surface area contributed by atoms with Gasteiger partial charge in [-0.05, 0) is 26.0 Å². The van der Waals surface area contributed by atoms with Gasteiger partial charge in [-0.25, -0.2) is 0 Å². The topological polar surface area (TPSA) is 54.7 Å². The first-order valence-electron chi connectivity index (χ1n) is 3.87. The lowest BCUT2D eigenvalue weighted by molar-refractivity contribution is 0.433. The summed E-state index contributed by atoms with van der Waals surface area (Å²) in [6.45, 7) is 4.55. The summed E-state index contributed by atoms with van der Waals surface area (Å²) >= 11 is 0. The van der Waals surface area contributed by atoms with Crippen LogP contribution in [0.1, 0.15) is 19.5 Å². The third kappa shape index (κ3) is 2.11. The number of nitrogens with two attached hydrogens (primary N) is 1. The van der Waals surface area contributed by atoms with E-state index in [1.54, 1.807) is 6.07 Å². The smallest absolute Gasteiger partial charge is 0.120 e. The van der Waals surface area contributed by atoms with E-state index in [4.69, 9.17) is 11.0 Å². The lowest BCUT2D eigenvalue weighted by atomic mass is 10.1. The fraction of sp³-hybridized carbons (Fsp3) is 0.444. The lowest BCUT2D eigenvalue weighted by Gasteiger charge is -2.19. The minimum absolute atomic E-state index is 0.273. The molecule has 0 radical (unpaired) electrons. The van der Waals surface area contributed by atoms with Crippen molar-refractivity contribution in [2.45, 2.75) is 25.9 Å². The fourth-order valence-electron chi connectivity index (χ4n) is 1.09. The number of nitrogens with zero attached hydrogens (tertiary/aromatic N) is 2. The zero-order chi connectivity index (χ0) is 9.19. The Labute approximate surface area is 72.4 Å². The van der Waals surface area contributed by atoms with Gasteiger partial charge >= 0.3 is 0 Å². The van der Waals surface area contributed by atoms with Crippen LogP contribution in [0.5, 0.6) is 0 Å². The van der Waals surface area contributed by atoms with E-state index in [-0.39, 0.29) is 5.54 Å². The van der Waals surface area contributed by atoms with Gasteiger partial charge in [-0.1, -0.05) is 0 Å². The highest BCUT2D eigenvalue weighted by atomic mass is 15.0. The second-order valence-corrected chi connectivity index (χ2v) is 3.62. The molecule has 1 aromatic heterocycles. The zero-order valence-corrected chi connectivity index (χ0v) is 7.41. The lowest BCUT2D eigenvalue weighted by Crippen LogP contribution is -2.37. The molecule has 64 valence electrons. The van der Waals surface area contributed by atoms with E-state index >= 15 is 0 Å². The van der Waals surface area contributed by atoms with E-state index in [2.05, 4.69) is 6.07 Å². The molecule has 0 spiro atoms. The SMILES string of the molecule is CC(C)(N)Cn1cccc1C#N. The predicted octanol–water partition coefficient (Wildman–Crippen LogP) is 1.10. The Bertz CT molecular complexity index is 298. The van der Waals surface area contributed by atoms with Crippen molar-refractivity contribution in [1.29, 1.82) is 5.26 Å². The summed E-state index contributed by atoms with van der Waals surface area (Å²) in [6.07, 6.45) is 1.87. The second-order valence-electron chi connectivity index (χ2n) is 3.62. The number of aromatic nitrogens is 1. The van der Waals surface area contributed by atoms with Crippen molar-refractivity contribution < 1.29 is 0 Å². The standard InChI is InChI=1S/C9H13N3/c1-9(2,11)7-12-5-3-4-8(12)6-10/h3-5H,7,11H2,1-2H3. The molecule has 0 aliphatic heterocycles. The van der Waals surface area contributed by atoms with Gasteiger partial charge in [-0.15, -0.1) is 0 Å². The average Bonchev–Trinajstić information content (AvgIpc) is 2.31. The van der Waals surface area contributed by atoms with Gasteiger partial charge in [0.25, 0.3) is 0 Å². The molecule has 0 saturated carbocycles. The maximum atomic E-state index is 8.69. The number of rotatable bonds is 2. The van der Waals surface area contributed by atoms with Crippen LogP contribution in [-0.4, -0.2) is 10.1 Å². The monoisotopic (exact) mass is 163 g/mol. The number of hydrogen-bond acceptors (Lipinski definition) is 2. The molecular weight excluding hydrogens is 150 g/mol. The molecule has 2 N–H and O–H groups in total. The molecular formula is C9H13N3. The van der Waals surface area contributed by atoms with Crippen molar-refractivity contribution in [1.82, 2.24) is 4.57 Å². The van der Waals surface area contributed by atoms with Crippen molar-refractivity contribution >= 4 is 0 Å². The summed E-state index contributed by atoms with van der Waals surface area (Å²) in [6, 6.07) is 5.74. The predicted molar refractivity (Wildman–Crippen MR) is 47.4 cm³/mol. The summed E-state index contributed by atoms with van der Waals surface area (Å²) in [7, 11) is 0. The Balaban J connectivity index is 2.84. The Morgan fingerprint density at radius 2 is 2.33 bits per heavy atom. The molecule has 0 fully saturated rings. The van der Waals surface area contributed by atoms with Crippen LogP contribution in [0.3, 0.4) is 0 Å². The molecule has 0 bridgehead atoms. The van der Waals surface area contributed by atoms with Crippen molar-refractivity contribution in [3.63, 3.8) is 0 Å². The van der Waals surface area contributed by atoms with Gasteiger partial charge in [0.15, 0.2) is 0 Å². The Morgan fingerprint density at radius 3 is 2.83 bits per heavy atom. The van der Waals surface area contributed by atoms with Gasteiger partial charge in [0, 0.05) is 18.3 Å². The van der Waals surface area contributed by atoms with Gasteiger partial charge in [0.1, 0.15) is 11.8 Å². The van der Waals surface area contributed by atoms with E-state index in [9.17, 15) is 0 Å². The fourth-order valence-corrected chi connectivity index (χ4v) is 1.09. The Kier molecular flexibility index (Phi) is 2.20. The van der Waals surface area contributed by atoms with Crippen molar-refractivity contribution in [3.8, 4) is 6.07 Å². The van der Waals surface area contributed by atoms with Gasteiger partial charge in [-0.3, -0.25) is 0 Å². The Morgan fingerprint density at radius 1 is 1.67 bits per heavy atom. The van der Waals surface area contributed by atoms with Gasteiger partial charge in [0.05, 0.1) is 0 Å². The summed E-state index contributed by atoms with van der Waals surface area (Å²) in [4.78, 5) is 0. The molecule has 0 atom stereocenters.